The van der Waals surface area contributed by atoms with Crippen LogP contribution in [0.5, 0.6) is 0 Å². The van der Waals surface area contributed by atoms with Gasteiger partial charge < -0.3 is 20.5 Å². The Morgan fingerprint density at radius 3 is 2.79 bits per heavy atom. The Kier molecular flexibility index (Phi) is 6.24. The van der Waals surface area contributed by atoms with Crippen molar-refractivity contribution in [2.24, 2.45) is 5.73 Å². The number of esters is 1. The van der Waals surface area contributed by atoms with Crippen LogP contribution in [0.3, 0.4) is 0 Å². The minimum absolute atomic E-state index is 0.430. The van der Waals surface area contributed by atoms with Crippen molar-refractivity contribution in [3.63, 3.8) is 0 Å². The number of carbonyl (C=O) groups is 2. The quantitative estimate of drug-likeness (QED) is 0.665. The van der Waals surface area contributed by atoms with Gasteiger partial charge in [0, 0.05) is 12.6 Å². The third-order valence-electron chi connectivity index (χ3n) is 3.56. The number of methoxy groups -OCH3 is 1. The van der Waals surface area contributed by atoms with Crippen molar-refractivity contribution in [1.29, 1.82) is 0 Å². The summed E-state index contributed by atoms with van der Waals surface area (Å²) in [7, 11) is 1.30. The van der Waals surface area contributed by atoms with Crippen LogP contribution in [0, 0.1) is 0 Å². The van der Waals surface area contributed by atoms with Crippen LogP contribution in [0.4, 0.5) is 0 Å². The number of unbranched alkanes of at least 4 members (excludes halogenated alkanes) is 1. The van der Waals surface area contributed by atoms with E-state index in [4.69, 9.17) is 5.73 Å². The van der Waals surface area contributed by atoms with Gasteiger partial charge in [0.15, 0.2) is 0 Å². The second kappa shape index (κ2) is 7.45. The molecule has 19 heavy (non-hydrogen) atoms. The van der Waals surface area contributed by atoms with E-state index in [1.165, 1.54) is 12.0 Å². The second-order valence-corrected chi connectivity index (χ2v) is 4.96. The normalized spacial score (nSPS) is 22.1. The molecule has 3 N–H and O–H groups in total. The summed E-state index contributed by atoms with van der Waals surface area (Å²) in [6.07, 6.45) is 2.50. The molecule has 0 unspecified atom stereocenters. The van der Waals surface area contributed by atoms with Gasteiger partial charge in [-0.25, -0.2) is 4.79 Å². The number of carbonyl (C=O) groups excluding carboxylic acids is 2. The summed E-state index contributed by atoms with van der Waals surface area (Å²) in [6.45, 7) is 2.49. The Bertz CT molecular complexity index is 322. The molecule has 0 aromatic carbocycles. The lowest BCUT2D eigenvalue weighted by Crippen LogP contribution is -2.51. The number of nitrogens with two attached hydrogens (primary N) is 1. The molecule has 6 heteroatoms. The highest BCUT2D eigenvalue weighted by Gasteiger charge is 2.38. The molecule has 1 amide bonds. The Labute approximate surface area is 113 Å². The molecule has 1 rings (SSSR count). The van der Waals surface area contributed by atoms with E-state index >= 15 is 0 Å². The molecule has 1 fully saturated rings. The van der Waals surface area contributed by atoms with Gasteiger partial charge in [-0.3, -0.25) is 4.79 Å². The Hall–Kier alpha value is -1.14. The third-order valence-corrected chi connectivity index (χ3v) is 3.56. The van der Waals surface area contributed by atoms with Gasteiger partial charge in [-0.05, 0) is 19.3 Å². The molecule has 1 saturated heterocycles. The highest BCUT2D eigenvalue weighted by atomic mass is 16.5. The van der Waals surface area contributed by atoms with E-state index in [-0.39, 0.29) is 0 Å². The predicted octanol–water partition coefficient (Wildman–Crippen LogP) is 0.0288. The lowest BCUT2D eigenvalue weighted by atomic mass is 10.0. The molecule has 0 aliphatic carbocycles. The van der Waals surface area contributed by atoms with Gasteiger partial charge in [0.2, 0.25) is 0 Å². The molecule has 0 spiro atoms. The zero-order valence-corrected chi connectivity index (χ0v) is 11.7. The average Bonchev–Trinajstić information content (AvgIpc) is 2.91. The minimum Gasteiger partial charge on any atom is -0.467 e. The fourth-order valence-corrected chi connectivity index (χ4v) is 2.36. The van der Waals surface area contributed by atoms with Crippen molar-refractivity contribution in [2.75, 3.05) is 13.7 Å². The molecule has 0 aromatic rings. The topological polar surface area (TPSA) is 92.9 Å². The molecule has 6 nitrogen and oxygen atoms in total. The van der Waals surface area contributed by atoms with E-state index in [1.807, 2.05) is 6.92 Å². The summed E-state index contributed by atoms with van der Waals surface area (Å²) in [4.78, 5) is 25.1. The zero-order valence-electron chi connectivity index (χ0n) is 11.7. The SMILES string of the molecule is CCCC[C@@H](N)[C@H](O)C(=O)N1CCC[C@H]1C(=O)OC. The summed E-state index contributed by atoms with van der Waals surface area (Å²) in [5.41, 5.74) is 5.81. The third kappa shape index (κ3) is 3.91. The molecule has 3 atom stereocenters. The Morgan fingerprint density at radius 1 is 1.53 bits per heavy atom. The first-order valence-electron chi connectivity index (χ1n) is 6.84. The number of hydrogen-bond donors (Lipinski definition) is 2. The predicted molar refractivity (Wildman–Crippen MR) is 70.3 cm³/mol. The Balaban J connectivity index is 2.62. The van der Waals surface area contributed by atoms with Gasteiger partial charge in [-0.1, -0.05) is 19.8 Å². The number of likely N-dealkylation sites (tertiary alicyclic amines) is 1. The van der Waals surface area contributed by atoms with E-state index in [2.05, 4.69) is 4.74 Å². The number of hydrogen-bond acceptors (Lipinski definition) is 5. The summed E-state index contributed by atoms with van der Waals surface area (Å²) in [5.74, 6) is -0.892. The molecule has 0 saturated carbocycles. The van der Waals surface area contributed by atoms with E-state index in [0.717, 1.165) is 19.3 Å². The van der Waals surface area contributed by atoms with E-state index in [1.54, 1.807) is 0 Å². The molecule has 0 aromatic heterocycles. The van der Waals surface area contributed by atoms with Gasteiger partial charge in [0.1, 0.15) is 12.1 Å². The van der Waals surface area contributed by atoms with Crippen LogP contribution < -0.4 is 5.73 Å². The molecule has 0 radical (unpaired) electrons. The first-order valence-corrected chi connectivity index (χ1v) is 6.84. The van der Waals surface area contributed by atoms with Crippen molar-refractivity contribution in [3.8, 4) is 0 Å². The van der Waals surface area contributed by atoms with Crippen molar-refractivity contribution >= 4 is 11.9 Å². The van der Waals surface area contributed by atoms with Crippen LogP contribution >= 0.6 is 0 Å². The van der Waals surface area contributed by atoms with Crippen LogP contribution in [0.1, 0.15) is 39.0 Å². The maximum Gasteiger partial charge on any atom is 0.328 e. The van der Waals surface area contributed by atoms with E-state index < -0.39 is 30.1 Å². The number of amides is 1. The van der Waals surface area contributed by atoms with E-state index in [0.29, 0.717) is 19.4 Å². The van der Waals surface area contributed by atoms with Crippen LogP contribution in [0.15, 0.2) is 0 Å². The number of nitrogens with zero attached hydrogens (tertiary/aromatic N) is 1. The summed E-state index contributed by atoms with van der Waals surface area (Å²) in [5, 5.41) is 9.98. The van der Waals surface area contributed by atoms with Crippen LogP contribution in [-0.4, -0.2) is 53.7 Å². The molecule has 1 heterocycles. The summed E-state index contributed by atoms with van der Waals surface area (Å²) < 4.78 is 4.67. The van der Waals surface area contributed by atoms with Crippen LogP contribution in [-0.2, 0) is 14.3 Å². The van der Waals surface area contributed by atoms with Gasteiger partial charge >= 0.3 is 5.97 Å². The van der Waals surface area contributed by atoms with Gasteiger partial charge in [-0.2, -0.15) is 0 Å². The van der Waals surface area contributed by atoms with E-state index in [9.17, 15) is 14.7 Å². The number of aliphatic hydroxyl groups is 1. The van der Waals surface area contributed by atoms with Crippen LogP contribution in [0.2, 0.25) is 0 Å². The van der Waals surface area contributed by atoms with Crippen molar-refractivity contribution in [2.45, 2.75) is 57.2 Å². The fraction of sp³-hybridized carbons (Fsp3) is 0.846. The lowest BCUT2D eigenvalue weighted by molar-refractivity contribution is -0.154. The monoisotopic (exact) mass is 272 g/mol. The lowest BCUT2D eigenvalue weighted by Gasteiger charge is -2.27. The number of rotatable bonds is 6. The largest absolute Gasteiger partial charge is 0.467 e. The molecule has 1 aliphatic heterocycles. The first-order chi connectivity index (χ1) is 9.02. The first kappa shape index (κ1) is 15.9. The maximum atomic E-state index is 12.2. The summed E-state index contributed by atoms with van der Waals surface area (Å²) >= 11 is 0. The second-order valence-electron chi connectivity index (χ2n) is 4.96. The van der Waals surface area contributed by atoms with Crippen LogP contribution in [0.25, 0.3) is 0 Å². The van der Waals surface area contributed by atoms with Gasteiger partial charge in [-0.15, -0.1) is 0 Å². The minimum atomic E-state index is -1.24. The van der Waals surface area contributed by atoms with Gasteiger partial charge in [0.05, 0.1) is 7.11 Å². The number of ether oxygens (including phenoxy) is 1. The maximum absolute atomic E-state index is 12.2. The smallest absolute Gasteiger partial charge is 0.328 e. The average molecular weight is 272 g/mol. The highest BCUT2D eigenvalue weighted by Crippen LogP contribution is 2.20. The number of aliphatic hydroxyl groups excluding tert-OH is 1. The highest BCUT2D eigenvalue weighted by molar-refractivity contribution is 5.87. The molecule has 110 valence electrons. The summed E-state index contributed by atoms with van der Waals surface area (Å²) in [6, 6.07) is -1.16. The Morgan fingerprint density at radius 2 is 2.21 bits per heavy atom. The molecular formula is C13H24N2O4. The molecule has 0 bridgehead atoms. The standard InChI is InChI=1S/C13H24N2O4/c1-3-4-6-9(14)11(16)12(17)15-8-5-7-10(15)13(18)19-2/h9-11,16H,3-8,14H2,1-2H3/t9-,10+,11+/m1/s1. The van der Waals surface area contributed by atoms with Crippen molar-refractivity contribution in [1.82, 2.24) is 4.90 Å². The van der Waals surface area contributed by atoms with Gasteiger partial charge in [0.25, 0.3) is 5.91 Å². The zero-order chi connectivity index (χ0) is 14.4. The van der Waals surface area contributed by atoms with Crippen molar-refractivity contribution < 1.29 is 19.4 Å². The molecular weight excluding hydrogens is 248 g/mol. The molecule has 1 aliphatic rings. The van der Waals surface area contributed by atoms with Crippen molar-refractivity contribution in [3.05, 3.63) is 0 Å². The fourth-order valence-electron chi connectivity index (χ4n) is 2.36.